The first-order chi connectivity index (χ1) is 8.11. The number of carboxylic acids is 1. The average molecular weight is 258 g/mol. The van der Waals surface area contributed by atoms with E-state index in [0.29, 0.717) is 5.75 Å². The summed E-state index contributed by atoms with van der Waals surface area (Å²) in [5.74, 6) is 0.169. The molecule has 0 aliphatic rings. The molecular formula is C11H14O5S. The molecule has 17 heavy (non-hydrogen) atoms. The van der Waals surface area contributed by atoms with Crippen LogP contribution in [-0.4, -0.2) is 40.5 Å². The van der Waals surface area contributed by atoms with Crippen LogP contribution in [-0.2, 0) is 15.6 Å². The summed E-state index contributed by atoms with van der Waals surface area (Å²) in [6.07, 6.45) is 0. The summed E-state index contributed by atoms with van der Waals surface area (Å²) >= 11 is 0. The molecule has 6 heteroatoms. The molecule has 0 saturated carbocycles. The summed E-state index contributed by atoms with van der Waals surface area (Å²) in [7, 11) is 0.195. The second kappa shape index (κ2) is 6.90. The van der Waals surface area contributed by atoms with Crippen LogP contribution in [0.25, 0.3) is 0 Å². The lowest BCUT2D eigenvalue weighted by molar-refractivity contribution is -0.133. The van der Waals surface area contributed by atoms with Gasteiger partial charge in [0.1, 0.15) is 17.3 Å². The Bertz CT molecular complexity index is 387. The van der Waals surface area contributed by atoms with E-state index in [2.05, 4.69) is 0 Å². The zero-order valence-electron chi connectivity index (χ0n) is 9.42. The predicted octanol–water partition coefficient (Wildman–Crippen LogP) is 0.907. The number of benzene rings is 1. The lowest BCUT2D eigenvalue weighted by Gasteiger charge is -2.06. The van der Waals surface area contributed by atoms with Crippen LogP contribution in [0.5, 0.6) is 11.5 Å². The number of methoxy groups -OCH3 is 1. The molecule has 0 bridgehead atoms. The van der Waals surface area contributed by atoms with Gasteiger partial charge in [-0.2, -0.15) is 0 Å². The van der Waals surface area contributed by atoms with Gasteiger partial charge in [0.2, 0.25) is 0 Å². The lowest BCUT2D eigenvalue weighted by atomic mass is 10.3. The third kappa shape index (κ3) is 5.35. The maximum absolute atomic E-state index is 11.2. The first-order valence-corrected chi connectivity index (χ1v) is 6.44. The second-order valence-electron chi connectivity index (χ2n) is 3.21. The van der Waals surface area contributed by atoms with Gasteiger partial charge in [0.05, 0.1) is 19.5 Å². The minimum Gasteiger partial charge on any atom is -0.497 e. The van der Waals surface area contributed by atoms with Crippen molar-refractivity contribution in [2.24, 2.45) is 0 Å². The van der Waals surface area contributed by atoms with Gasteiger partial charge in [-0.1, -0.05) is 0 Å². The largest absolute Gasteiger partial charge is 0.497 e. The lowest BCUT2D eigenvalue weighted by Crippen LogP contribution is -2.16. The summed E-state index contributed by atoms with van der Waals surface area (Å²) in [4.78, 5) is 10.3. The number of hydrogen-bond acceptors (Lipinski definition) is 4. The minimum absolute atomic E-state index is 0.207. The molecule has 1 N–H and O–H groups in total. The van der Waals surface area contributed by atoms with Gasteiger partial charge < -0.3 is 14.6 Å². The molecule has 0 fully saturated rings. The molecule has 0 amide bonds. The summed E-state index contributed by atoms with van der Waals surface area (Å²) in [5.41, 5.74) is 0. The molecule has 0 aliphatic carbocycles. The Balaban J connectivity index is 2.30. The van der Waals surface area contributed by atoms with Crippen LogP contribution in [0.2, 0.25) is 0 Å². The molecule has 1 aromatic carbocycles. The van der Waals surface area contributed by atoms with Crippen LogP contribution in [0.3, 0.4) is 0 Å². The Hall–Kier alpha value is -1.56. The molecule has 0 radical (unpaired) electrons. The molecule has 1 atom stereocenters. The first-order valence-electron chi connectivity index (χ1n) is 4.95. The van der Waals surface area contributed by atoms with Gasteiger partial charge in [0.25, 0.3) is 0 Å². The number of rotatable bonds is 7. The zero-order chi connectivity index (χ0) is 12.7. The van der Waals surface area contributed by atoms with Crippen LogP contribution in [0, 0.1) is 0 Å². The van der Waals surface area contributed by atoms with E-state index in [1.54, 1.807) is 31.4 Å². The van der Waals surface area contributed by atoms with Crippen molar-refractivity contribution in [2.75, 3.05) is 25.2 Å². The molecular weight excluding hydrogens is 244 g/mol. The average Bonchev–Trinajstić information content (AvgIpc) is 2.29. The SMILES string of the molecule is COc1ccc(OCCS(=O)CC(=O)O)cc1. The van der Waals surface area contributed by atoms with Gasteiger partial charge in [0.15, 0.2) is 0 Å². The van der Waals surface area contributed by atoms with Crippen molar-refractivity contribution in [1.29, 1.82) is 0 Å². The number of carbonyl (C=O) groups is 1. The second-order valence-corrected chi connectivity index (χ2v) is 4.78. The summed E-state index contributed by atoms with van der Waals surface area (Å²) in [5, 5.41) is 8.41. The summed E-state index contributed by atoms with van der Waals surface area (Å²) in [6, 6.07) is 6.98. The molecule has 0 heterocycles. The monoisotopic (exact) mass is 258 g/mol. The van der Waals surface area contributed by atoms with Gasteiger partial charge in [-0.05, 0) is 24.3 Å². The highest BCUT2D eigenvalue weighted by atomic mass is 32.2. The number of aliphatic carboxylic acids is 1. The van der Waals surface area contributed by atoms with E-state index in [-0.39, 0.29) is 18.1 Å². The Labute approximate surface area is 102 Å². The Kier molecular flexibility index (Phi) is 5.48. The van der Waals surface area contributed by atoms with Gasteiger partial charge in [-0.15, -0.1) is 0 Å². The van der Waals surface area contributed by atoms with Crippen molar-refractivity contribution in [3.63, 3.8) is 0 Å². The van der Waals surface area contributed by atoms with Crippen LogP contribution >= 0.6 is 0 Å². The fourth-order valence-corrected chi connectivity index (χ4v) is 1.82. The van der Waals surface area contributed by atoms with Crippen molar-refractivity contribution in [3.05, 3.63) is 24.3 Å². The maximum Gasteiger partial charge on any atom is 0.316 e. The van der Waals surface area contributed by atoms with Crippen LogP contribution in [0.1, 0.15) is 0 Å². The highest BCUT2D eigenvalue weighted by Crippen LogP contribution is 2.16. The molecule has 0 saturated heterocycles. The van der Waals surface area contributed by atoms with Crippen molar-refractivity contribution in [3.8, 4) is 11.5 Å². The minimum atomic E-state index is -1.38. The summed E-state index contributed by atoms with van der Waals surface area (Å²) in [6.45, 7) is 0.228. The van der Waals surface area contributed by atoms with E-state index in [1.807, 2.05) is 0 Å². The molecule has 1 aromatic rings. The molecule has 1 unspecified atom stereocenters. The summed E-state index contributed by atoms with van der Waals surface area (Å²) < 4.78 is 21.5. The molecule has 0 spiro atoms. The van der Waals surface area contributed by atoms with Crippen molar-refractivity contribution >= 4 is 16.8 Å². The first kappa shape index (κ1) is 13.5. The van der Waals surface area contributed by atoms with Crippen LogP contribution in [0.15, 0.2) is 24.3 Å². The van der Waals surface area contributed by atoms with E-state index in [9.17, 15) is 9.00 Å². The van der Waals surface area contributed by atoms with Crippen molar-refractivity contribution in [1.82, 2.24) is 0 Å². The fraction of sp³-hybridized carbons (Fsp3) is 0.364. The van der Waals surface area contributed by atoms with Gasteiger partial charge in [-0.3, -0.25) is 9.00 Å². The van der Waals surface area contributed by atoms with Gasteiger partial charge in [-0.25, -0.2) is 0 Å². The van der Waals surface area contributed by atoms with E-state index in [1.165, 1.54) is 0 Å². The topological polar surface area (TPSA) is 72.8 Å². The Morgan fingerprint density at radius 3 is 2.41 bits per heavy atom. The van der Waals surface area contributed by atoms with E-state index in [0.717, 1.165) is 5.75 Å². The van der Waals surface area contributed by atoms with E-state index < -0.39 is 16.8 Å². The van der Waals surface area contributed by atoms with Crippen molar-refractivity contribution in [2.45, 2.75) is 0 Å². The number of ether oxygens (including phenoxy) is 2. The standard InChI is InChI=1S/C11H14O5S/c1-15-9-2-4-10(5-3-9)16-6-7-17(14)8-11(12)13/h2-5H,6-8H2,1H3,(H,12,13). The molecule has 1 rings (SSSR count). The van der Waals surface area contributed by atoms with E-state index >= 15 is 0 Å². The molecule has 5 nitrogen and oxygen atoms in total. The number of hydrogen-bond donors (Lipinski definition) is 1. The zero-order valence-corrected chi connectivity index (χ0v) is 10.2. The normalized spacial score (nSPS) is 11.8. The van der Waals surface area contributed by atoms with E-state index in [4.69, 9.17) is 14.6 Å². The molecule has 0 aliphatic heterocycles. The number of carboxylic acid groups (broad SMARTS) is 1. The maximum atomic E-state index is 11.2. The Morgan fingerprint density at radius 2 is 1.88 bits per heavy atom. The fourth-order valence-electron chi connectivity index (χ4n) is 1.13. The Morgan fingerprint density at radius 1 is 1.29 bits per heavy atom. The smallest absolute Gasteiger partial charge is 0.316 e. The quantitative estimate of drug-likeness (QED) is 0.787. The highest BCUT2D eigenvalue weighted by molar-refractivity contribution is 7.85. The predicted molar refractivity (Wildman–Crippen MR) is 64.0 cm³/mol. The molecule has 94 valence electrons. The van der Waals surface area contributed by atoms with Crippen LogP contribution in [0.4, 0.5) is 0 Å². The molecule has 0 aromatic heterocycles. The highest BCUT2D eigenvalue weighted by Gasteiger charge is 2.05. The third-order valence-electron chi connectivity index (χ3n) is 1.92. The van der Waals surface area contributed by atoms with Crippen LogP contribution < -0.4 is 9.47 Å². The third-order valence-corrected chi connectivity index (χ3v) is 3.11. The van der Waals surface area contributed by atoms with Crippen molar-refractivity contribution < 1.29 is 23.6 Å². The van der Waals surface area contributed by atoms with Gasteiger partial charge >= 0.3 is 5.97 Å². The van der Waals surface area contributed by atoms with Gasteiger partial charge in [0, 0.05) is 10.8 Å².